The Hall–Kier alpha value is -0.810. The average Bonchev–Trinajstić information content (AvgIpc) is 2.46. The maximum atomic E-state index is 12.2. The van der Waals surface area contributed by atoms with Crippen LogP contribution in [0.4, 0.5) is 4.79 Å². The first-order valence-electron chi connectivity index (χ1n) is 7.65. The molecule has 5 heteroatoms. The number of hydrogen-bond acceptors (Lipinski definition) is 3. The minimum Gasteiger partial charge on any atom is -0.330 e. The second-order valence-corrected chi connectivity index (χ2v) is 5.12. The highest BCUT2D eigenvalue weighted by Crippen LogP contribution is 2.13. The van der Waals surface area contributed by atoms with Crippen LogP contribution in [0.25, 0.3) is 0 Å². The Morgan fingerprint density at radius 1 is 1.16 bits per heavy atom. The number of amides is 2. The second kappa shape index (κ2) is 8.38. The molecule has 1 aliphatic rings. The van der Waals surface area contributed by atoms with Crippen LogP contribution in [0.2, 0.25) is 0 Å². The van der Waals surface area contributed by atoms with E-state index in [9.17, 15) is 4.79 Å². The summed E-state index contributed by atoms with van der Waals surface area (Å²) >= 11 is 0. The molecule has 0 aromatic rings. The summed E-state index contributed by atoms with van der Waals surface area (Å²) in [6, 6.07) is 0.771. The minimum absolute atomic E-state index is 0.191. The first kappa shape index (κ1) is 16.2. The molecule has 1 saturated heterocycles. The van der Waals surface area contributed by atoms with Crippen molar-refractivity contribution in [3.05, 3.63) is 0 Å². The number of carbonyl (C=O) groups is 1. The van der Waals surface area contributed by atoms with Gasteiger partial charge in [-0.05, 0) is 33.2 Å². The van der Waals surface area contributed by atoms with E-state index in [-0.39, 0.29) is 6.03 Å². The number of piperazine rings is 1. The largest absolute Gasteiger partial charge is 0.330 e. The molecule has 0 radical (unpaired) electrons. The van der Waals surface area contributed by atoms with Crippen LogP contribution in [0.15, 0.2) is 0 Å². The number of carbonyl (C=O) groups excluding carboxylic acids is 1. The molecule has 0 aromatic carbocycles. The molecule has 0 spiro atoms. The lowest BCUT2D eigenvalue weighted by Gasteiger charge is -2.40. The maximum absolute atomic E-state index is 12.2. The smallest absolute Gasteiger partial charge is 0.320 e. The molecular formula is C14H30N4O. The van der Waals surface area contributed by atoms with Crippen molar-refractivity contribution in [2.24, 2.45) is 5.73 Å². The number of nitrogens with two attached hydrogens (primary N) is 1. The van der Waals surface area contributed by atoms with Crippen molar-refractivity contribution in [2.45, 2.75) is 39.7 Å². The highest BCUT2D eigenvalue weighted by atomic mass is 16.2. The summed E-state index contributed by atoms with van der Waals surface area (Å²) in [6.07, 6.45) is 2.20. The van der Waals surface area contributed by atoms with Crippen molar-refractivity contribution >= 4 is 6.03 Å². The third-order valence-electron chi connectivity index (χ3n) is 4.11. The molecule has 2 amide bonds. The van der Waals surface area contributed by atoms with Gasteiger partial charge < -0.3 is 15.5 Å². The van der Waals surface area contributed by atoms with E-state index < -0.39 is 0 Å². The van der Waals surface area contributed by atoms with E-state index >= 15 is 0 Å². The lowest BCUT2D eigenvalue weighted by atomic mass is 10.1. The van der Waals surface area contributed by atoms with Gasteiger partial charge in [0, 0.05) is 45.3 Å². The van der Waals surface area contributed by atoms with Gasteiger partial charge in [0.1, 0.15) is 0 Å². The number of nitrogens with zero attached hydrogens (tertiary/aromatic N) is 3. The Kier molecular flexibility index (Phi) is 7.16. The van der Waals surface area contributed by atoms with Gasteiger partial charge >= 0.3 is 6.03 Å². The van der Waals surface area contributed by atoms with Crippen molar-refractivity contribution in [3.63, 3.8) is 0 Å². The van der Waals surface area contributed by atoms with Crippen LogP contribution < -0.4 is 5.73 Å². The molecule has 0 aromatic heterocycles. The van der Waals surface area contributed by atoms with E-state index in [0.717, 1.165) is 58.7 Å². The fourth-order valence-electron chi connectivity index (χ4n) is 2.81. The van der Waals surface area contributed by atoms with Crippen LogP contribution >= 0.6 is 0 Å². The van der Waals surface area contributed by atoms with Crippen molar-refractivity contribution in [3.8, 4) is 0 Å². The highest BCUT2D eigenvalue weighted by molar-refractivity contribution is 5.74. The zero-order chi connectivity index (χ0) is 14.3. The third-order valence-corrected chi connectivity index (χ3v) is 4.11. The maximum Gasteiger partial charge on any atom is 0.320 e. The van der Waals surface area contributed by atoms with Gasteiger partial charge in [-0.1, -0.05) is 6.92 Å². The molecule has 1 atom stereocenters. The van der Waals surface area contributed by atoms with Gasteiger partial charge in [-0.25, -0.2) is 4.79 Å². The van der Waals surface area contributed by atoms with Gasteiger partial charge in [0.2, 0.25) is 0 Å². The van der Waals surface area contributed by atoms with Crippen LogP contribution in [-0.4, -0.2) is 72.6 Å². The van der Waals surface area contributed by atoms with Gasteiger partial charge in [0.05, 0.1) is 0 Å². The predicted molar refractivity (Wildman–Crippen MR) is 79.2 cm³/mol. The van der Waals surface area contributed by atoms with E-state index in [1.807, 2.05) is 23.6 Å². The van der Waals surface area contributed by atoms with Gasteiger partial charge in [0.15, 0.2) is 0 Å². The molecule has 2 N–H and O–H groups in total. The van der Waals surface area contributed by atoms with Crippen LogP contribution in [0.5, 0.6) is 0 Å². The van der Waals surface area contributed by atoms with Crippen LogP contribution in [0.3, 0.4) is 0 Å². The van der Waals surface area contributed by atoms with Crippen molar-refractivity contribution in [1.82, 2.24) is 14.7 Å². The summed E-state index contributed by atoms with van der Waals surface area (Å²) in [7, 11) is 0. The molecule has 1 fully saturated rings. The number of urea groups is 1. The molecule has 1 heterocycles. The molecule has 19 heavy (non-hydrogen) atoms. The Balaban J connectivity index is 2.45. The standard InChI is InChI=1S/C14H30N4O/c1-4-13(7-8-15)17-9-11-18(12-10-17)14(19)16(5-2)6-3/h13H,4-12,15H2,1-3H3. The zero-order valence-electron chi connectivity index (χ0n) is 12.8. The minimum atomic E-state index is 0.191. The van der Waals surface area contributed by atoms with E-state index in [1.54, 1.807) is 0 Å². The Bertz CT molecular complexity index is 260. The molecule has 5 nitrogen and oxygen atoms in total. The Morgan fingerprint density at radius 2 is 1.74 bits per heavy atom. The van der Waals surface area contributed by atoms with Crippen molar-refractivity contribution in [1.29, 1.82) is 0 Å². The van der Waals surface area contributed by atoms with Gasteiger partial charge in [-0.2, -0.15) is 0 Å². The summed E-state index contributed by atoms with van der Waals surface area (Å²) in [5.41, 5.74) is 5.67. The first-order valence-corrected chi connectivity index (χ1v) is 7.65. The Morgan fingerprint density at radius 3 is 2.16 bits per heavy atom. The van der Waals surface area contributed by atoms with Gasteiger partial charge in [-0.3, -0.25) is 4.90 Å². The molecule has 0 saturated carbocycles. The van der Waals surface area contributed by atoms with E-state index in [2.05, 4.69) is 11.8 Å². The van der Waals surface area contributed by atoms with Gasteiger partial charge in [0.25, 0.3) is 0 Å². The summed E-state index contributed by atoms with van der Waals surface area (Å²) in [4.78, 5) is 18.6. The molecular weight excluding hydrogens is 240 g/mol. The van der Waals surface area contributed by atoms with Crippen molar-refractivity contribution < 1.29 is 4.79 Å². The van der Waals surface area contributed by atoms with E-state index in [4.69, 9.17) is 5.73 Å². The topological polar surface area (TPSA) is 52.8 Å². The molecule has 1 unspecified atom stereocenters. The third kappa shape index (κ3) is 4.35. The summed E-state index contributed by atoms with van der Waals surface area (Å²) < 4.78 is 0. The van der Waals surface area contributed by atoms with E-state index in [1.165, 1.54) is 0 Å². The molecule has 1 rings (SSSR count). The lowest BCUT2D eigenvalue weighted by Crippen LogP contribution is -2.55. The SMILES string of the molecule is CCC(CCN)N1CCN(C(=O)N(CC)CC)CC1. The number of hydrogen-bond donors (Lipinski definition) is 1. The predicted octanol–water partition coefficient (Wildman–Crippen LogP) is 1.19. The van der Waals surface area contributed by atoms with Crippen LogP contribution in [0, 0.1) is 0 Å². The summed E-state index contributed by atoms with van der Waals surface area (Å²) in [5, 5.41) is 0. The number of rotatable bonds is 6. The summed E-state index contributed by atoms with van der Waals surface area (Å²) in [6.45, 7) is 12.3. The fourth-order valence-corrected chi connectivity index (χ4v) is 2.81. The quantitative estimate of drug-likeness (QED) is 0.789. The van der Waals surface area contributed by atoms with Gasteiger partial charge in [-0.15, -0.1) is 0 Å². The summed E-state index contributed by atoms with van der Waals surface area (Å²) in [5.74, 6) is 0. The molecule has 112 valence electrons. The second-order valence-electron chi connectivity index (χ2n) is 5.12. The average molecular weight is 270 g/mol. The van der Waals surface area contributed by atoms with Crippen LogP contribution in [-0.2, 0) is 0 Å². The Labute approximate surface area is 117 Å². The molecule has 1 aliphatic heterocycles. The van der Waals surface area contributed by atoms with E-state index in [0.29, 0.717) is 6.04 Å². The lowest BCUT2D eigenvalue weighted by molar-refractivity contribution is 0.0886. The first-order chi connectivity index (χ1) is 9.17. The zero-order valence-corrected chi connectivity index (χ0v) is 12.8. The monoisotopic (exact) mass is 270 g/mol. The van der Waals surface area contributed by atoms with Crippen LogP contribution in [0.1, 0.15) is 33.6 Å². The molecule has 0 bridgehead atoms. The highest BCUT2D eigenvalue weighted by Gasteiger charge is 2.26. The van der Waals surface area contributed by atoms with Crippen molar-refractivity contribution in [2.75, 3.05) is 45.8 Å². The fraction of sp³-hybridized carbons (Fsp3) is 0.929. The normalized spacial score (nSPS) is 18.4. The molecule has 0 aliphatic carbocycles.